The number of Topliss-reactive ketones (excluding diaryl/α,β-unsaturated/α-hetero) is 1. The van der Waals surface area contributed by atoms with Crippen LogP contribution in [0, 0.1) is 17.8 Å². The maximum Gasteiger partial charge on any atom is 0.244 e. The standard InChI is InChI=1S/C27H34ClN3O5S/c1-2-24(32)22(14-18-8-9-18)26(33)23-16-31(37(35,36)21-12-10-20(28)11-13-21)25(29)17-30(27(23)34)15-19-6-4-3-5-7-19/h3-7,10-13,18,22-25,32H,2,8-9,14-17,29H2,1H3/t22-,23?,24+,25?/m1/s1. The van der Waals surface area contributed by atoms with E-state index in [1.807, 2.05) is 30.3 Å². The molecule has 0 spiro atoms. The Morgan fingerprint density at radius 1 is 1.11 bits per heavy atom. The minimum absolute atomic E-state index is 0.0226. The molecule has 1 saturated carbocycles. The van der Waals surface area contributed by atoms with E-state index in [1.54, 1.807) is 6.92 Å². The van der Waals surface area contributed by atoms with Crippen LogP contribution in [0.15, 0.2) is 59.5 Å². The van der Waals surface area contributed by atoms with Crippen LogP contribution in [-0.2, 0) is 26.2 Å². The molecule has 8 nitrogen and oxygen atoms in total. The predicted molar refractivity (Wildman–Crippen MR) is 141 cm³/mol. The van der Waals surface area contributed by atoms with Crippen molar-refractivity contribution >= 4 is 33.3 Å². The number of amides is 1. The molecular formula is C27H34ClN3O5S. The third kappa shape index (κ3) is 6.41. The third-order valence-corrected chi connectivity index (χ3v) is 9.42. The van der Waals surface area contributed by atoms with E-state index < -0.39 is 45.8 Å². The Hall–Kier alpha value is -2.30. The molecule has 1 aliphatic heterocycles. The number of nitrogens with zero attached hydrogens (tertiary/aromatic N) is 2. The normalized spacial score (nSPS) is 22.9. The van der Waals surface area contributed by atoms with E-state index in [2.05, 4.69) is 0 Å². The summed E-state index contributed by atoms with van der Waals surface area (Å²) >= 11 is 5.95. The Balaban J connectivity index is 1.71. The van der Waals surface area contributed by atoms with Crippen LogP contribution in [-0.4, -0.2) is 59.8 Å². The minimum Gasteiger partial charge on any atom is -0.392 e. The smallest absolute Gasteiger partial charge is 0.244 e. The topological polar surface area (TPSA) is 121 Å². The SMILES string of the molecule is CC[C@H](O)[C@@H](CC1CC1)C(=O)C1CN(S(=O)(=O)c2ccc(Cl)cc2)C(N)CN(Cc2ccccc2)C1=O. The van der Waals surface area contributed by atoms with Crippen LogP contribution >= 0.6 is 11.6 Å². The van der Waals surface area contributed by atoms with E-state index in [0.717, 1.165) is 22.7 Å². The first kappa shape index (κ1) is 27.7. The Morgan fingerprint density at radius 2 is 1.76 bits per heavy atom. The van der Waals surface area contributed by atoms with Gasteiger partial charge >= 0.3 is 0 Å². The molecule has 2 unspecified atom stereocenters. The lowest BCUT2D eigenvalue weighted by Gasteiger charge is -2.29. The quantitative estimate of drug-likeness (QED) is 0.441. The summed E-state index contributed by atoms with van der Waals surface area (Å²) in [7, 11) is -4.14. The Kier molecular flexibility index (Phi) is 8.70. The van der Waals surface area contributed by atoms with Gasteiger partial charge < -0.3 is 15.7 Å². The van der Waals surface area contributed by atoms with Crippen LogP contribution in [0.5, 0.6) is 0 Å². The van der Waals surface area contributed by atoms with E-state index in [-0.39, 0.29) is 24.5 Å². The number of hydrogen-bond acceptors (Lipinski definition) is 6. The first-order valence-electron chi connectivity index (χ1n) is 12.7. The van der Waals surface area contributed by atoms with Crippen LogP contribution in [0.2, 0.25) is 5.02 Å². The van der Waals surface area contributed by atoms with E-state index in [4.69, 9.17) is 17.3 Å². The molecule has 1 aliphatic carbocycles. The molecule has 2 fully saturated rings. The second-order valence-corrected chi connectivity index (χ2v) is 12.3. The summed E-state index contributed by atoms with van der Waals surface area (Å²) in [5.74, 6) is -2.56. The second-order valence-electron chi connectivity index (χ2n) is 10.0. The van der Waals surface area contributed by atoms with Crippen molar-refractivity contribution in [1.29, 1.82) is 0 Å². The molecule has 0 aromatic heterocycles. The molecule has 1 saturated heterocycles. The van der Waals surface area contributed by atoms with Gasteiger partial charge in [-0.2, -0.15) is 4.31 Å². The molecule has 0 radical (unpaired) electrons. The van der Waals surface area contributed by atoms with Crippen molar-refractivity contribution < 1.29 is 23.1 Å². The van der Waals surface area contributed by atoms with Crippen molar-refractivity contribution in [2.75, 3.05) is 13.1 Å². The third-order valence-electron chi connectivity index (χ3n) is 7.26. The number of aliphatic hydroxyl groups is 1. The highest BCUT2D eigenvalue weighted by Crippen LogP contribution is 2.38. The van der Waals surface area contributed by atoms with Gasteiger partial charge in [0.2, 0.25) is 15.9 Å². The number of rotatable bonds is 10. The number of halogens is 1. The van der Waals surface area contributed by atoms with Crippen LogP contribution in [0.3, 0.4) is 0 Å². The Morgan fingerprint density at radius 3 is 2.35 bits per heavy atom. The first-order valence-corrected chi connectivity index (χ1v) is 14.5. The molecule has 10 heteroatoms. The molecule has 1 amide bonds. The largest absolute Gasteiger partial charge is 0.392 e. The summed E-state index contributed by atoms with van der Waals surface area (Å²) in [5.41, 5.74) is 7.26. The number of carbonyl (C=O) groups is 2. The van der Waals surface area contributed by atoms with Gasteiger partial charge in [-0.3, -0.25) is 9.59 Å². The van der Waals surface area contributed by atoms with E-state index in [1.165, 1.54) is 29.2 Å². The van der Waals surface area contributed by atoms with Gasteiger partial charge in [0.1, 0.15) is 5.92 Å². The molecule has 3 N–H and O–H groups in total. The van der Waals surface area contributed by atoms with Crippen molar-refractivity contribution in [1.82, 2.24) is 9.21 Å². The van der Waals surface area contributed by atoms with E-state index in [9.17, 15) is 23.1 Å². The first-order chi connectivity index (χ1) is 17.6. The maximum absolute atomic E-state index is 13.9. The molecule has 2 aliphatic rings. The average Bonchev–Trinajstić information content (AvgIpc) is 3.72. The molecular weight excluding hydrogens is 514 g/mol. The van der Waals surface area contributed by atoms with Gasteiger partial charge in [-0.05, 0) is 48.6 Å². The Bertz CT molecular complexity index is 1200. The highest BCUT2D eigenvalue weighted by Gasteiger charge is 2.46. The van der Waals surface area contributed by atoms with Gasteiger partial charge in [-0.25, -0.2) is 8.42 Å². The molecule has 0 bridgehead atoms. The number of carbonyl (C=O) groups excluding carboxylic acids is 2. The molecule has 200 valence electrons. The average molecular weight is 548 g/mol. The fraction of sp³-hybridized carbons (Fsp3) is 0.481. The fourth-order valence-electron chi connectivity index (χ4n) is 4.92. The van der Waals surface area contributed by atoms with E-state index in [0.29, 0.717) is 23.8 Å². The van der Waals surface area contributed by atoms with Crippen molar-refractivity contribution in [2.24, 2.45) is 23.5 Å². The molecule has 1 heterocycles. The highest BCUT2D eigenvalue weighted by molar-refractivity contribution is 7.89. The summed E-state index contributed by atoms with van der Waals surface area (Å²) in [5, 5.41) is 11.1. The zero-order chi connectivity index (χ0) is 26.7. The monoisotopic (exact) mass is 547 g/mol. The fourth-order valence-corrected chi connectivity index (χ4v) is 6.56. The summed E-state index contributed by atoms with van der Waals surface area (Å²) in [4.78, 5) is 29.2. The number of ketones is 1. The number of hydrogen-bond donors (Lipinski definition) is 2. The molecule has 4 rings (SSSR count). The van der Waals surface area contributed by atoms with Gasteiger partial charge in [0.25, 0.3) is 0 Å². The summed E-state index contributed by atoms with van der Waals surface area (Å²) in [6, 6.07) is 15.0. The zero-order valence-corrected chi connectivity index (χ0v) is 22.4. The van der Waals surface area contributed by atoms with Crippen molar-refractivity contribution in [3.8, 4) is 0 Å². The van der Waals surface area contributed by atoms with Gasteiger partial charge in [0.05, 0.1) is 23.7 Å². The van der Waals surface area contributed by atoms with Crippen LogP contribution in [0.25, 0.3) is 0 Å². The second kappa shape index (κ2) is 11.6. The minimum atomic E-state index is -4.14. The van der Waals surface area contributed by atoms with Crippen molar-refractivity contribution in [3.63, 3.8) is 0 Å². The summed E-state index contributed by atoms with van der Waals surface area (Å²) in [6.07, 6.45) is 0.865. The number of aliphatic hydroxyl groups excluding tert-OH is 1. The van der Waals surface area contributed by atoms with Gasteiger partial charge in [-0.1, -0.05) is 61.7 Å². The van der Waals surface area contributed by atoms with Gasteiger partial charge in [0.15, 0.2) is 5.78 Å². The molecule has 2 aromatic rings. The number of sulfonamides is 1. The zero-order valence-electron chi connectivity index (χ0n) is 20.9. The lowest BCUT2D eigenvalue weighted by molar-refractivity contribution is -0.144. The number of nitrogens with two attached hydrogens (primary N) is 1. The highest BCUT2D eigenvalue weighted by atomic mass is 35.5. The lowest BCUT2D eigenvalue weighted by atomic mass is 9.83. The number of benzene rings is 2. The Labute approximate surface area is 223 Å². The maximum atomic E-state index is 13.9. The van der Waals surface area contributed by atoms with Crippen LogP contribution < -0.4 is 5.73 Å². The summed E-state index contributed by atoms with van der Waals surface area (Å²) in [6.45, 7) is 1.53. The molecule has 37 heavy (non-hydrogen) atoms. The summed E-state index contributed by atoms with van der Waals surface area (Å²) < 4.78 is 28.4. The molecule has 4 atom stereocenters. The van der Waals surface area contributed by atoms with Crippen molar-refractivity contribution in [3.05, 3.63) is 65.2 Å². The molecule has 2 aromatic carbocycles. The van der Waals surface area contributed by atoms with Gasteiger partial charge in [-0.15, -0.1) is 0 Å². The van der Waals surface area contributed by atoms with E-state index >= 15 is 0 Å². The van der Waals surface area contributed by atoms with Crippen LogP contribution in [0.4, 0.5) is 0 Å². The predicted octanol–water partition coefficient (Wildman–Crippen LogP) is 3.03. The van der Waals surface area contributed by atoms with Crippen molar-refractivity contribution in [2.45, 2.75) is 56.3 Å². The lowest BCUT2D eigenvalue weighted by Crippen LogP contribution is -2.50. The van der Waals surface area contributed by atoms with Crippen LogP contribution in [0.1, 0.15) is 38.2 Å². The van der Waals surface area contributed by atoms with Gasteiger partial charge in [0, 0.05) is 24.0 Å².